The first kappa shape index (κ1) is 15.5. The molecular weight excluding hydrogens is 290 g/mol. The first-order chi connectivity index (χ1) is 11.1. The molecule has 0 aliphatic carbocycles. The third-order valence-electron chi connectivity index (χ3n) is 4.51. The van der Waals surface area contributed by atoms with Crippen molar-refractivity contribution in [2.75, 3.05) is 18.0 Å². The van der Waals surface area contributed by atoms with Gasteiger partial charge in [-0.15, -0.1) is 0 Å². The maximum atomic E-state index is 11.1. The van der Waals surface area contributed by atoms with E-state index < -0.39 is 5.97 Å². The number of nitrogens with two attached hydrogens (primary N) is 1. The fourth-order valence-corrected chi connectivity index (χ4v) is 3.31. The Bertz CT molecular complexity index is 770. The molecule has 1 aromatic carbocycles. The average molecular weight is 311 g/mol. The SMILES string of the molecule is CC=C(CN)C1CCCN1c1ccc2ccc(C(=O)O)nc2c1. The molecule has 1 aromatic heterocycles. The monoisotopic (exact) mass is 311 g/mol. The van der Waals surface area contributed by atoms with Crippen LogP contribution in [-0.4, -0.2) is 35.2 Å². The summed E-state index contributed by atoms with van der Waals surface area (Å²) in [5.74, 6) is -1.00. The van der Waals surface area contributed by atoms with Crippen LogP contribution in [0.1, 0.15) is 30.3 Å². The maximum Gasteiger partial charge on any atom is 0.354 e. The van der Waals surface area contributed by atoms with Gasteiger partial charge in [0.1, 0.15) is 5.69 Å². The van der Waals surface area contributed by atoms with Gasteiger partial charge in [0, 0.05) is 24.2 Å². The van der Waals surface area contributed by atoms with Gasteiger partial charge in [-0.05, 0) is 43.5 Å². The smallest absolute Gasteiger partial charge is 0.354 e. The number of allylic oxidation sites excluding steroid dienone is 1. The molecule has 0 radical (unpaired) electrons. The number of anilines is 1. The summed E-state index contributed by atoms with van der Waals surface area (Å²) in [6.07, 6.45) is 4.32. The number of nitrogens with zero attached hydrogens (tertiary/aromatic N) is 2. The molecule has 1 saturated heterocycles. The van der Waals surface area contributed by atoms with Gasteiger partial charge in [0.25, 0.3) is 0 Å². The summed E-state index contributed by atoms with van der Waals surface area (Å²) < 4.78 is 0. The summed E-state index contributed by atoms with van der Waals surface area (Å²) in [6, 6.07) is 9.71. The summed E-state index contributed by atoms with van der Waals surface area (Å²) in [5, 5.41) is 10.1. The van der Waals surface area contributed by atoms with Crippen LogP contribution in [0.25, 0.3) is 10.9 Å². The molecule has 5 heteroatoms. The van der Waals surface area contributed by atoms with E-state index in [0.717, 1.165) is 30.5 Å². The predicted octanol–water partition coefficient (Wildman–Crippen LogP) is 2.81. The van der Waals surface area contributed by atoms with E-state index in [1.165, 1.54) is 11.6 Å². The van der Waals surface area contributed by atoms with Gasteiger partial charge >= 0.3 is 5.97 Å². The summed E-state index contributed by atoms with van der Waals surface area (Å²) in [5.41, 5.74) is 8.98. The predicted molar refractivity (Wildman–Crippen MR) is 91.9 cm³/mol. The van der Waals surface area contributed by atoms with Crippen molar-refractivity contribution < 1.29 is 9.90 Å². The first-order valence-corrected chi connectivity index (χ1v) is 7.90. The number of carboxylic acids is 1. The topological polar surface area (TPSA) is 79.5 Å². The van der Waals surface area contributed by atoms with Crippen LogP contribution >= 0.6 is 0 Å². The number of fused-ring (bicyclic) bond motifs is 1. The van der Waals surface area contributed by atoms with Crippen LogP contribution < -0.4 is 10.6 Å². The number of pyridine rings is 1. The largest absolute Gasteiger partial charge is 0.477 e. The number of aromatic nitrogens is 1. The zero-order valence-electron chi connectivity index (χ0n) is 13.2. The van der Waals surface area contributed by atoms with Gasteiger partial charge in [-0.1, -0.05) is 18.2 Å². The van der Waals surface area contributed by atoms with Crippen molar-refractivity contribution >= 4 is 22.6 Å². The van der Waals surface area contributed by atoms with Gasteiger partial charge in [-0.25, -0.2) is 9.78 Å². The van der Waals surface area contributed by atoms with Crippen molar-refractivity contribution in [2.24, 2.45) is 5.73 Å². The highest BCUT2D eigenvalue weighted by atomic mass is 16.4. The van der Waals surface area contributed by atoms with Gasteiger partial charge in [0.2, 0.25) is 0 Å². The normalized spacial score (nSPS) is 18.6. The second kappa shape index (κ2) is 6.38. The number of carbonyl (C=O) groups is 1. The zero-order valence-corrected chi connectivity index (χ0v) is 13.2. The number of rotatable bonds is 4. The van der Waals surface area contributed by atoms with Gasteiger partial charge < -0.3 is 15.7 Å². The van der Waals surface area contributed by atoms with E-state index >= 15 is 0 Å². The molecule has 23 heavy (non-hydrogen) atoms. The Kier molecular flexibility index (Phi) is 4.30. The highest BCUT2D eigenvalue weighted by Crippen LogP contribution is 2.31. The van der Waals surface area contributed by atoms with Crippen LogP contribution in [0.2, 0.25) is 0 Å². The molecule has 0 saturated carbocycles. The van der Waals surface area contributed by atoms with Gasteiger partial charge in [-0.3, -0.25) is 0 Å². The molecule has 5 nitrogen and oxygen atoms in total. The minimum Gasteiger partial charge on any atom is -0.477 e. The van der Waals surface area contributed by atoms with Gasteiger partial charge in [0.05, 0.1) is 11.6 Å². The number of aromatic carboxylic acids is 1. The molecule has 1 aliphatic rings. The minimum absolute atomic E-state index is 0.0729. The van der Waals surface area contributed by atoms with E-state index in [4.69, 9.17) is 10.8 Å². The average Bonchev–Trinajstić information content (AvgIpc) is 3.04. The molecular formula is C18H21N3O2. The molecule has 0 amide bonds. The van der Waals surface area contributed by atoms with Crippen molar-refractivity contribution in [3.63, 3.8) is 0 Å². The summed E-state index contributed by atoms with van der Waals surface area (Å²) in [7, 11) is 0. The van der Waals surface area contributed by atoms with Crippen LogP contribution in [0.15, 0.2) is 42.0 Å². The molecule has 2 aromatic rings. The van der Waals surface area contributed by atoms with E-state index in [9.17, 15) is 4.79 Å². The number of hydrogen-bond donors (Lipinski definition) is 2. The third-order valence-corrected chi connectivity index (χ3v) is 4.51. The fraction of sp³-hybridized carbons (Fsp3) is 0.333. The second-order valence-electron chi connectivity index (χ2n) is 5.80. The lowest BCUT2D eigenvalue weighted by Gasteiger charge is -2.28. The lowest BCUT2D eigenvalue weighted by Crippen LogP contribution is -2.33. The molecule has 1 aliphatic heterocycles. The molecule has 1 unspecified atom stereocenters. The Hall–Kier alpha value is -2.40. The Labute approximate surface area is 135 Å². The zero-order chi connectivity index (χ0) is 16.4. The van der Waals surface area contributed by atoms with Crippen LogP contribution in [0.5, 0.6) is 0 Å². The molecule has 120 valence electrons. The van der Waals surface area contributed by atoms with E-state index in [1.54, 1.807) is 6.07 Å². The Morgan fingerprint density at radius 3 is 2.91 bits per heavy atom. The molecule has 0 bridgehead atoms. The Morgan fingerprint density at radius 2 is 2.22 bits per heavy atom. The molecule has 3 N–H and O–H groups in total. The number of hydrogen-bond acceptors (Lipinski definition) is 4. The van der Waals surface area contributed by atoms with Gasteiger partial charge in [-0.2, -0.15) is 0 Å². The molecule has 1 fully saturated rings. The van der Waals surface area contributed by atoms with Crippen molar-refractivity contribution in [1.29, 1.82) is 0 Å². The lowest BCUT2D eigenvalue weighted by molar-refractivity contribution is 0.0691. The fourth-order valence-electron chi connectivity index (χ4n) is 3.31. The lowest BCUT2D eigenvalue weighted by atomic mass is 10.0. The summed E-state index contributed by atoms with van der Waals surface area (Å²) in [4.78, 5) is 17.7. The van der Waals surface area contributed by atoms with Crippen LogP contribution in [-0.2, 0) is 0 Å². The Balaban J connectivity index is 2.00. The summed E-state index contributed by atoms with van der Waals surface area (Å²) in [6.45, 7) is 3.57. The number of benzene rings is 1. The highest BCUT2D eigenvalue weighted by molar-refractivity contribution is 5.90. The van der Waals surface area contributed by atoms with Crippen LogP contribution in [0.4, 0.5) is 5.69 Å². The van der Waals surface area contributed by atoms with Crippen molar-refractivity contribution in [2.45, 2.75) is 25.8 Å². The highest BCUT2D eigenvalue weighted by Gasteiger charge is 2.27. The summed E-state index contributed by atoms with van der Waals surface area (Å²) >= 11 is 0. The molecule has 2 heterocycles. The van der Waals surface area contributed by atoms with E-state index in [-0.39, 0.29) is 5.69 Å². The minimum atomic E-state index is -1.00. The first-order valence-electron chi connectivity index (χ1n) is 7.90. The Morgan fingerprint density at radius 1 is 1.43 bits per heavy atom. The van der Waals surface area contributed by atoms with E-state index in [1.807, 2.05) is 19.1 Å². The molecule has 1 atom stereocenters. The van der Waals surface area contributed by atoms with Crippen LogP contribution in [0, 0.1) is 0 Å². The maximum absolute atomic E-state index is 11.1. The van der Waals surface area contributed by atoms with Crippen LogP contribution in [0.3, 0.4) is 0 Å². The standard InChI is InChI=1S/C18H21N3O2/c1-2-12(11-19)17-4-3-9-21(17)14-7-5-13-6-8-15(18(22)23)20-16(13)10-14/h2,5-8,10,17H,3-4,9,11,19H2,1H3,(H,22,23). The molecule has 0 spiro atoms. The van der Waals surface area contributed by atoms with E-state index in [2.05, 4.69) is 22.0 Å². The quantitative estimate of drug-likeness (QED) is 0.849. The van der Waals surface area contributed by atoms with Crippen molar-refractivity contribution in [3.05, 3.63) is 47.7 Å². The van der Waals surface area contributed by atoms with Crippen molar-refractivity contribution in [3.8, 4) is 0 Å². The third kappa shape index (κ3) is 2.92. The number of carboxylic acid groups (broad SMARTS) is 1. The van der Waals surface area contributed by atoms with Gasteiger partial charge in [0.15, 0.2) is 0 Å². The van der Waals surface area contributed by atoms with Crippen molar-refractivity contribution in [1.82, 2.24) is 4.98 Å². The molecule has 3 rings (SSSR count). The second-order valence-corrected chi connectivity index (χ2v) is 5.80. The van der Waals surface area contributed by atoms with E-state index in [0.29, 0.717) is 18.1 Å².